The van der Waals surface area contributed by atoms with Crippen LogP contribution in [0.3, 0.4) is 0 Å². The number of ether oxygens (including phenoxy) is 1. The fraction of sp³-hybridized carbons (Fsp3) is 0.538. The van der Waals surface area contributed by atoms with E-state index in [4.69, 9.17) is 4.74 Å². The van der Waals surface area contributed by atoms with Crippen LogP contribution in [0.4, 0.5) is 14.5 Å². The Labute approximate surface area is 100 Å². The first-order chi connectivity index (χ1) is 8.19. The van der Waals surface area contributed by atoms with Crippen LogP contribution in [0.25, 0.3) is 0 Å². The summed E-state index contributed by atoms with van der Waals surface area (Å²) in [7, 11) is 0. The second kappa shape index (κ2) is 5.45. The van der Waals surface area contributed by atoms with Gasteiger partial charge < -0.3 is 9.64 Å². The van der Waals surface area contributed by atoms with E-state index in [-0.39, 0.29) is 6.10 Å². The molecule has 1 aliphatic heterocycles. The normalized spacial score (nSPS) is 20.6. The topological polar surface area (TPSA) is 12.5 Å². The van der Waals surface area contributed by atoms with E-state index in [1.165, 1.54) is 12.1 Å². The van der Waals surface area contributed by atoms with Gasteiger partial charge in [-0.15, -0.1) is 0 Å². The van der Waals surface area contributed by atoms with E-state index >= 15 is 0 Å². The van der Waals surface area contributed by atoms with Crippen LogP contribution in [0.1, 0.15) is 19.8 Å². The molecule has 0 amide bonds. The highest BCUT2D eigenvalue weighted by atomic mass is 19.1. The number of piperidine rings is 1. The molecular formula is C13H17F2NO. The van der Waals surface area contributed by atoms with Crippen molar-refractivity contribution in [2.24, 2.45) is 0 Å². The van der Waals surface area contributed by atoms with Gasteiger partial charge in [0.25, 0.3) is 0 Å². The first-order valence-corrected chi connectivity index (χ1v) is 6.01. The second-order valence-electron chi connectivity index (χ2n) is 4.29. The fourth-order valence-corrected chi connectivity index (χ4v) is 2.27. The Kier molecular flexibility index (Phi) is 3.94. The number of halogens is 2. The van der Waals surface area contributed by atoms with E-state index in [1.54, 1.807) is 0 Å². The zero-order chi connectivity index (χ0) is 12.3. The summed E-state index contributed by atoms with van der Waals surface area (Å²) in [6.45, 7) is 4.17. The van der Waals surface area contributed by atoms with Crippen LogP contribution in [0.5, 0.6) is 0 Å². The highest BCUT2D eigenvalue weighted by Crippen LogP contribution is 2.23. The number of rotatable bonds is 3. The zero-order valence-corrected chi connectivity index (χ0v) is 9.96. The molecule has 1 aromatic carbocycles. The van der Waals surface area contributed by atoms with Crippen molar-refractivity contribution >= 4 is 5.69 Å². The lowest BCUT2D eigenvalue weighted by Gasteiger charge is -2.34. The van der Waals surface area contributed by atoms with Crippen LogP contribution >= 0.6 is 0 Å². The van der Waals surface area contributed by atoms with Crippen LogP contribution in [-0.4, -0.2) is 25.8 Å². The van der Waals surface area contributed by atoms with Crippen LogP contribution in [0, 0.1) is 11.6 Å². The lowest BCUT2D eigenvalue weighted by Crippen LogP contribution is -2.39. The Morgan fingerprint density at radius 3 is 2.65 bits per heavy atom. The summed E-state index contributed by atoms with van der Waals surface area (Å²) < 4.78 is 31.8. The van der Waals surface area contributed by atoms with E-state index in [9.17, 15) is 8.78 Å². The number of hydrogen-bond donors (Lipinski definition) is 0. The molecule has 1 fully saturated rings. The molecule has 0 spiro atoms. The molecule has 1 aromatic rings. The summed E-state index contributed by atoms with van der Waals surface area (Å²) in [4.78, 5) is 1.98. The molecule has 4 heteroatoms. The molecule has 0 aliphatic carbocycles. The molecule has 1 aliphatic rings. The van der Waals surface area contributed by atoms with Gasteiger partial charge in [-0.2, -0.15) is 0 Å². The van der Waals surface area contributed by atoms with E-state index in [1.807, 2.05) is 11.8 Å². The Balaban J connectivity index is 2.10. The molecule has 0 bridgehead atoms. The van der Waals surface area contributed by atoms with Gasteiger partial charge in [0.15, 0.2) is 0 Å². The molecule has 1 saturated heterocycles. The number of hydrogen-bond acceptors (Lipinski definition) is 2. The molecule has 2 rings (SSSR count). The van der Waals surface area contributed by atoms with Gasteiger partial charge >= 0.3 is 0 Å². The van der Waals surface area contributed by atoms with Gasteiger partial charge in [0, 0.05) is 31.5 Å². The smallest absolute Gasteiger partial charge is 0.128 e. The van der Waals surface area contributed by atoms with E-state index in [0.717, 1.165) is 25.5 Å². The van der Waals surface area contributed by atoms with Crippen molar-refractivity contribution in [3.05, 3.63) is 29.8 Å². The lowest BCUT2D eigenvalue weighted by atomic mass is 10.1. The first-order valence-electron chi connectivity index (χ1n) is 6.01. The molecule has 2 nitrogen and oxygen atoms in total. The molecule has 0 N–H and O–H groups in total. The van der Waals surface area contributed by atoms with Crippen LogP contribution in [-0.2, 0) is 4.74 Å². The van der Waals surface area contributed by atoms with Gasteiger partial charge in [0.1, 0.15) is 11.6 Å². The maximum absolute atomic E-state index is 13.1. The third kappa shape index (κ3) is 3.16. The summed E-state index contributed by atoms with van der Waals surface area (Å²) in [5.74, 6) is -1.06. The summed E-state index contributed by atoms with van der Waals surface area (Å²) >= 11 is 0. The Bertz CT molecular complexity index is 361. The van der Waals surface area contributed by atoms with Gasteiger partial charge in [-0.3, -0.25) is 0 Å². The maximum atomic E-state index is 13.1. The minimum Gasteiger partial charge on any atom is -0.377 e. The molecule has 17 heavy (non-hydrogen) atoms. The van der Waals surface area contributed by atoms with Crippen molar-refractivity contribution in [2.75, 3.05) is 24.6 Å². The van der Waals surface area contributed by atoms with Crippen molar-refractivity contribution in [3.8, 4) is 0 Å². The number of anilines is 1. The molecule has 0 aromatic heterocycles. The molecule has 0 radical (unpaired) electrons. The molecule has 1 heterocycles. The first kappa shape index (κ1) is 12.3. The molecule has 1 unspecified atom stereocenters. The van der Waals surface area contributed by atoms with Crippen molar-refractivity contribution < 1.29 is 13.5 Å². The van der Waals surface area contributed by atoms with Gasteiger partial charge in [-0.05, 0) is 31.9 Å². The maximum Gasteiger partial charge on any atom is 0.128 e. The molecular weight excluding hydrogens is 224 g/mol. The van der Waals surface area contributed by atoms with Gasteiger partial charge in [0.05, 0.1) is 6.10 Å². The lowest BCUT2D eigenvalue weighted by molar-refractivity contribution is 0.0526. The zero-order valence-electron chi connectivity index (χ0n) is 9.96. The third-order valence-electron chi connectivity index (χ3n) is 2.99. The Morgan fingerprint density at radius 1 is 1.29 bits per heavy atom. The quantitative estimate of drug-likeness (QED) is 0.806. The average molecular weight is 241 g/mol. The summed E-state index contributed by atoms with van der Waals surface area (Å²) in [6.07, 6.45) is 2.17. The molecule has 1 atom stereocenters. The number of benzene rings is 1. The monoisotopic (exact) mass is 241 g/mol. The summed E-state index contributed by atoms with van der Waals surface area (Å²) in [5, 5.41) is 0. The van der Waals surface area contributed by atoms with E-state index < -0.39 is 11.6 Å². The minimum absolute atomic E-state index is 0.167. The van der Waals surface area contributed by atoms with Gasteiger partial charge in [0.2, 0.25) is 0 Å². The van der Waals surface area contributed by atoms with Crippen LogP contribution < -0.4 is 4.90 Å². The largest absolute Gasteiger partial charge is 0.377 e. The predicted octanol–water partition coefficient (Wildman–Crippen LogP) is 2.97. The van der Waals surface area contributed by atoms with Crippen molar-refractivity contribution in [3.63, 3.8) is 0 Å². The summed E-state index contributed by atoms with van der Waals surface area (Å²) in [6, 6.07) is 3.64. The highest BCUT2D eigenvalue weighted by molar-refractivity contribution is 5.47. The van der Waals surface area contributed by atoms with Crippen LogP contribution in [0.2, 0.25) is 0 Å². The third-order valence-corrected chi connectivity index (χ3v) is 2.99. The van der Waals surface area contributed by atoms with Crippen molar-refractivity contribution in [1.29, 1.82) is 0 Å². The average Bonchev–Trinajstić information content (AvgIpc) is 2.28. The Morgan fingerprint density at radius 2 is 2.00 bits per heavy atom. The van der Waals surface area contributed by atoms with Crippen LogP contribution in [0.15, 0.2) is 18.2 Å². The Hall–Kier alpha value is -1.16. The highest BCUT2D eigenvalue weighted by Gasteiger charge is 2.20. The van der Waals surface area contributed by atoms with Crippen molar-refractivity contribution in [2.45, 2.75) is 25.9 Å². The standard InChI is InChI=1S/C13H17F2NO/c1-2-17-13-4-3-5-16(9-13)12-7-10(14)6-11(15)8-12/h6-8,13H,2-5,9H2,1H3. The molecule has 0 saturated carbocycles. The SMILES string of the molecule is CCOC1CCCN(c2cc(F)cc(F)c2)C1. The van der Waals surface area contributed by atoms with E-state index in [2.05, 4.69) is 0 Å². The van der Waals surface area contributed by atoms with Gasteiger partial charge in [-0.1, -0.05) is 0 Å². The fourth-order valence-electron chi connectivity index (χ4n) is 2.27. The number of nitrogens with zero attached hydrogens (tertiary/aromatic N) is 1. The summed E-state index contributed by atoms with van der Waals surface area (Å²) in [5.41, 5.74) is 0.604. The minimum atomic E-state index is -0.529. The predicted molar refractivity (Wildman–Crippen MR) is 63.2 cm³/mol. The molecule has 94 valence electrons. The van der Waals surface area contributed by atoms with Crippen molar-refractivity contribution in [1.82, 2.24) is 0 Å². The van der Waals surface area contributed by atoms with E-state index in [0.29, 0.717) is 18.8 Å². The van der Waals surface area contributed by atoms with Gasteiger partial charge in [-0.25, -0.2) is 8.78 Å². The second-order valence-corrected chi connectivity index (χ2v) is 4.29.